The van der Waals surface area contributed by atoms with Crippen molar-refractivity contribution in [3.05, 3.63) is 0 Å². The van der Waals surface area contributed by atoms with Gasteiger partial charge < -0.3 is 10.0 Å². The molecular formula is C16H30N2O2. The zero-order chi connectivity index (χ0) is 14.8. The summed E-state index contributed by atoms with van der Waals surface area (Å²) in [5.41, 5.74) is -0.578. The quantitative estimate of drug-likeness (QED) is 0.841. The number of nitrogens with zero attached hydrogens (tertiary/aromatic N) is 2. The van der Waals surface area contributed by atoms with E-state index in [2.05, 4.69) is 23.6 Å². The van der Waals surface area contributed by atoms with Gasteiger partial charge in [-0.05, 0) is 57.7 Å². The Labute approximate surface area is 123 Å². The van der Waals surface area contributed by atoms with E-state index in [0.717, 1.165) is 51.7 Å². The van der Waals surface area contributed by atoms with Gasteiger partial charge in [-0.1, -0.05) is 20.8 Å². The van der Waals surface area contributed by atoms with Crippen LogP contribution in [0.2, 0.25) is 0 Å². The largest absolute Gasteiger partial charge is 0.480 e. The molecule has 0 aromatic rings. The number of piperidine rings is 1. The number of aliphatic carboxylic acids is 1. The van der Waals surface area contributed by atoms with Crippen molar-refractivity contribution in [1.29, 1.82) is 0 Å². The van der Waals surface area contributed by atoms with Crippen molar-refractivity contribution in [1.82, 2.24) is 9.80 Å². The Hall–Kier alpha value is -0.610. The predicted octanol–water partition coefficient (Wildman–Crippen LogP) is 2.44. The highest BCUT2D eigenvalue weighted by molar-refractivity contribution is 5.79. The van der Waals surface area contributed by atoms with Crippen LogP contribution in [0.4, 0.5) is 0 Å². The van der Waals surface area contributed by atoms with Gasteiger partial charge in [-0.3, -0.25) is 9.69 Å². The third-order valence-corrected chi connectivity index (χ3v) is 5.14. The molecule has 116 valence electrons. The lowest BCUT2D eigenvalue weighted by atomic mass is 9.90. The van der Waals surface area contributed by atoms with E-state index < -0.39 is 11.5 Å². The van der Waals surface area contributed by atoms with Crippen LogP contribution in [0.25, 0.3) is 0 Å². The fraction of sp³-hybridized carbons (Fsp3) is 0.938. The molecule has 0 amide bonds. The highest BCUT2D eigenvalue weighted by Gasteiger charge is 2.49. The third-order valence-electron chi connectivity index (χ3n) is 5.14. The number of hydrogen-bond acceptors (Lipinski definition) is 3. The Balaban J connectivity index is 1.97. The Kier molecular flexibility index (Phi) is 5.08. The van der Waals surface area contributed by atoms with E-state index in [1.54, 1.807) is 0 Å². The maximum Gasteiger partial charge on any atom is 0.324 e. The summed E-state index contributed by atoms with van der Waals surface area (Å²) < 4.78 is 0. The monoisotopic (exact) mass is 282 g/mol. The minimum atomic E-state index is -0.609. The first-order valence-electron chi connectivity index (χ1n) is 8.22. The molecule has 0 aromatic carbocycles. The summed E-state index contributed by atoms with van der Waals surface area (Å²) in [6, 6.07) is 0.469. The van der Waals surface area contributed by atoms with Crippen LogP contribution in [0, 0.1) is 5.92 Å². The highest BCUT2D eigenvalue weighted by Crippen LogP contribution is 2.37. The minimum Gasteiger partial charge on any atom is -0.480 e. The number of rotatable bonds is 5. The maximum absolute atomic E-state index is 11.8. The van der Waals surface area contributed by atoms with E-state index >= 15 is 0 Å². The molecule has 1 unspecified atom stereocenters. The molecule has 4 nitrogen and oxygen atoms in total. The van der Waals surface area contributed by atoms with Crippen molar-refractivity contribution in [3.63, 3.8) is 0 Å². The molecule has 0 spiro atoms. The summed E-state index contributed by atoms with van der Waals surface area (Å²) in [6.45, 7) is 10.9. The molecular weight excluding hydrogens is 252 g/mol. The van der Waals surface area contributed by atoms with Gasteiger partial charge >= 0.3 is 5.97 Å². The van der Waals surface area contributed by atoms with Gasteiger partial charge in [-0.15, -0.1) is 0 Å². The van der Waals surface area contributed by atoms with Crippen molar-refractivity contribution >= 4 is 5.97 Å². The lowest BCUT2D eigenvalue weighted by Gasteiger charge is -2.43. The molecule has 2 saturated heterocycles. The third kappa shape index (κ3) is 3.01. The first-order valence-corrected chi connectivity index (χ1v) is 8.22. The summed E-state index contributed by atoms with van der Waals surface area (Å²) in [4.78, 5) is 16.6. The van der Waals surface area contributed by atoms with Gasteiger partial charge in [0.2, 0.25) is 0 Å². The first kappa shape index (κ1) is 15.8. The fourth-order valence-electron chi connectivity index (χ4n) is 4.12. The Bertz CT molecular complexity index is 337. The standard InChI is InChI=1S/C16H30N2O2/c1-4-16(15(19)20)8-5-9-18(16)14-6-10-17(11-7-14)12-13(2)3/h13-14H,4-12H2,1-3H3,(H,19,20). The van der Waals surface area contributed by atoms with E-state index in [4.69, 9.17) is 0 Å². The molecule has 0 aromatic heterocycles. The van der Waals surface area contributed by atoms with Gasteiger partial charge in [0.25, 0.3) is 0 Å². The van der Waals surface area contributed by atoms with Crippen LogP contribution in [0.3, 0.4) is 0 Å². The molecule has 0 radical (unpaired) electrons. The predicted molar refractivity (Wildman–Crippen MR) is 80.9 cm³/mol. The first-order chi connectivity index (χ1) is 9.49. The van der Waals surface area contributed by atoms with Crippen molar-refractivity contribution in [2.45, 2.75) is 64.5 Å². The normalized spacial score (nSPS) is 30.2. The van der Waals surface area contributed by atoms with Crippen LogP contribution < -0.4 is 0 Å². The van der Waals surface area contributed by atoms with Gasteiger partial charge in [-0.25, -0.2) is 0 Å². The summed E-state index contributed by atoms with van der Waals surface area (Å²) >= 11 is 0. The fourth-order valence-corrected chi connectivity index (χ4v) is 4.12. The van der Waals surface area contributed by atoms with Gasteiger partial charge in [0.1, 0.15) is 5.54 Å². The van der Waals surface area contributed by atoms with E-state index in [0.29, 0.717) is 12.0 Å². The molecule has 2 rings (SSSR count). The average molecular weight is 282 g/mol. The van der Waals surface area contributed by atoms with Crippen LogP contribution in [-0.2, 0) is 4.79 Å². The number of carboxylic acid groups (broad SMARTS) is 1. The molecule has 20 heavy (non-hydrogen) atoms. The van der Waals surface area contributed by atoms with Crippen LogP contribution in [0.1, 0.15) is 52.9 Å². The van der Waals surface area contributed by atoms with Gasteiger partial charge in [0, 0.05) is 12.6 Å². The Morgan fingerprint density at radius 3 is 2.45 bits per heavy atom. The number of carbonyl (C=O) groups is 1. The SMILES string of the molecule is CCC1(C(=O)O)CCCN1C1CCN(CC(C)C)CC1. The van der Waals surface area contributed by atoms with Crippen molar-refractivity contribution < 1.29 is 9.90 Å². The van der Waals surface area contributed by atoms with Crippen molar-refractivity contribution in [2.75, 3.05) is 26.2 Å². The van der Waals surface area contributed by atoms with Gasteiger partial charge in [0.15, 0.2) is 0 Å². The summed E-state index contributed by atoms with van der Waals surface area (Å²) in [5.74, 6) is 0.106. The van der Waals surface area contributed by atoms with E-state index in [1.165, 1.54) is 6.54 Å². The topological polar surface area (TPSA) is 43.8 Å². The second kappa shape index (κ2) is 6.44. The Morgan fingerprint density at radius 1 is 1.30 bits per heavy atom. The smallest absolute Gasteiger partial charge is 0.324 e. The average Bonchev–Trinajstić information content (AvgIpc) is 2.84. The summed E-state index contributed by atoms with van der Waals surface area (Å²) in [5, 5.41) is 9.68. The highest BCUT2D eigenvalue weighted by atomic mass is 16.4. The summed E-state index contributed by atoms with van der Waals surface area (Å²) in [6.07, 6.45) is 4.84. The van der Waals surface area contributed by atoms with Crippen LogP contribution >= 0.6 is 0 Å². The molecule has 0 bridgehead atoms. The van der Waals surface area contributed by atoms with Gasteiger partial charge in [0.05, 0.1) is 0 Å². The molecule has 4 heteroatoms. The number of likely N-dealkylation sites (tertiary alicyclic amines) is 2. The molecule has 1 N–H and O–H groups in total. The minimum absolute atomic E-state index is 0.469. The number of hydrogen-bond donors (Lipinski definition) is 1. The summed E-state index contributed by atoms with van der Waals surface area (Å²) in [7, 11) is 0. The zero-order valence-corrected chi connectivity index (χ0v) is 13.3. The second-order valence-corrected chi connectivity index (χ2v) is 6.91. The molecule has 1 atom stereocenters. The van der Waals surface area contributed by atoms with Crippen molar-refractivity contribution in [2.24, 2.45) is 5.92 Å². The second-order valence-electron chi connectivity index (χ2n) is 6.91. The number of carboxylic acids is 1. The molecule has 0 saturated carbocycles. The molecule has 2 fully saturated rings. The lowest BCUT2D eigenvalue weighted by Crippen LogP contribution is -2.56. The molecule has 0 aliphatic carbocycles. The van der Waals surface area contributed by atoms with E-state index in [1.807, 2.05) is 6.92 Å². The van der Waals surface area contributed by atoms with E-state index in [9.17, 15) is 9.90 Å². The van der Waals surface area contributed by atoms with Crippen molar-refractivity contribution in [3.8, 4) is 0 Å². The van der Waals surface area contributed by atoms with Crippen LogP contribution in [0.15, 0.2) is 0 Å². The van der Waals surface area contributed by atoms with E-state index in [-0.39, 0.29) is 0 Å². The molecule has 2 heterocycles. The van der Waals surface area contributed by atoms with Crippen LogP contribution in [-0.4, -0.2) is 58.6 Å². The zero-order valence-electron chi connectivity index (χ0n) is 13.3. The molecule has 2 aliphatic heterocycles. The Morgan fingerprint density at radius 2 is 1.95 bits per heavy atom. The maximum atomic E-state index is 11.8. The lowest BCUT2D eigenvalue weighted by molar-refractivity contribution is -0.152. The van der Waals surface area contributed by atoms with Gasteiger partial charge in [-0.2, -0.15) is 0 Å². The molecule has 2 aliphatic rings. The van der Waals surface area contributed by atoms with Crippen LogP contribution in [0.5, 0.6) is 0 Å².